The van der Waals surface area contributed by atoms with E-state index >= 15 is 0 Å². The first-order chi connectivity index (χ1) is 8.75. The van der Waals surface area contributed by atoms with Gasteiger partial charge in [0.1, 0.15) is 0 Å². The second kappa shape index (κ2) is 6.66. The van der Waals surface area contributed by atoms with Gasteiger partial charge in [-0.05, 0) is 32.3 Å². The van der Waals surface area contributed by atoms with Crippen LogP contribution in [0.15, 0.2) is 42.0 Å². The zero-order chi connectivity index (χ0) is 12.8. The maximum atomic E-state index is 4.12. The quantitative estimate of drug-likeness (QED) is 0.854. The van der Waals surface area contributed by atoms with E-state index in [1.165, 1.54) is 10.4 Å². The summed E-state index contributed by atoms with van der Waals surface area (Å²) in [4.78, 5) is 5.43. The number of aromatic nitrogens is 1. The van der Waals surface area contributed by atoms with Gasteiger partial charge in [0.15, 0.2) is 0 Å². The van der Waals surface area contributed by atoms with Crippen LogP contribution in [0.2, 0.25) is 0 Å². The summed E-state index contributed by atoms with van der Waals surface area (Å²) in [5.74, 6) is 0. The molecule has 0 saturated carbocycles. The second-order valence-electron chi connectivity index (χ2n) is 4.72. The molecule has 1 aromatic heterocycles. The molecule has 2 rings (SSSR count). The van der Waals surface area contributed by atoms with E-state index in [0.29, 0.717) is 12.1 Å². The van der Waals surface area contributed by atoms with Gasteiger partial charge >= 0.3 is 0 Å². The zero-order valence-corrected chi connectivity index (χ0v) is 11.8. The van der Waals surface area contributed by atoms with Gasteiger partial charge in [0.05, 0.1) is 5.51 Å². The van der Waals surface area contributed by atoms with Crippen LogP contribution in [0.5, 0.6) is 0 Å². The molecule has 2 aromatic rings. The number of nitrogens with one attached hydrogen (secondary N) is 1. The molecular formula is C15H20N2S. The maximum absolute atomic E-state index is 4.12. The van der Waals surface area contributed by atoms with Gasteiger partial charge in [-0.3, -0.25) is 4.98 Å². The molecule has 0 aliphatic heterocycles. The Bertz CT molecular complexity index is 439. The third-order valence-corrected chi connectivity index (χ3v) is 4.08. The number of thiazole rings is 1. The predicted molar refractivity (Wildman–Crippen MR) is 77.9 cm³/mol. The van der Waals surface area contributed by atoms with Gasteiger partial charge in [-0.1, -0.05) is 30.3 Å². The third-order valence-electron chi connectivity index (χ3n) is 3.12. The minimum atomic E-state index is 0.392. The Balaban J connectivity index is 1.77. The van der Waals surface area contributed by atoms with E-state index in [4.69, 9.17) is 0 Å². The molecule has 0 spiro atoms. The molecule has 96 valence electrons. The van der Waals surface area contributed by atoms with E-state index < -0.39 is 0 Å². The zero-order valence-electron chi connectivity index (χ0n) is 11.0. The van der Waals surface area contributed by atoms with E-state index in [1.54, 1.807) is 11.3 Å². The average molecular weight is 260 g/mol. The van der Waals surface area contributed by atoms with Crippen LogP contribution in [0, 0.1) is 0 Å². The van der Waals surface area contributed by atoms with E-state index in [0.717, 1.165) is 12.8 Å². The van der Waals surface area contributed by atoms with Crippen LogP contribution in [0.4, 0.5) is 0 Å². The van der Waals surface area contributed by atoms with Crippen LogP contribution in [0.25, 0.3) is 0 Å². The number of benzene rings is 1. The summed E-state index contributed by atoms with van der Waals surface area (Å²) >= 11 is 1.71. The van der Waals surface area contributed by atoms with Crippen LogP contribution in [0.3, 0.4) is 0 Å². The van der Waals surface area contributed by atoms with Crippen molar-refractivity contribution in [3.8, 4) is 0 Å². The molecule has 1 aromatic carbocycles. The normalized spacial score (nSPS) is 14.3. The first-order valence-corrected chi connectivity index (χ1v) is 7.32. The van der Waals surface area contributed by atoms with Crippen LogP contribution >= 0.6 is 11.3 Å². The molecule has 0 bridgehead atoms. The second-order valence-corrected chi connectivity index (χ2v) is 5.64. The Morgan fingerprint density at radius 1 is 1.22 bits per heavy atom. The molecule has 0 fully saturated rings. The summed E-state index contributed by atoms with van der Waals surface area (Å²) in [6.07, 6.45) is 4.24. The van der Waals surface area contributed by atoms with Gasteiger partial charge in [0.2, 0.25) is 0 Å². The topological polar surface area (TPSA) is 24.9 Å². The van der Waals surface area contributed by atoms with Crippen molar-refractivity contribution in [2.24, 2.45) is 0 Å². The van der Waals surface area contributed by atoms with Crippen molar-refractivity contribution in [3.63, 3.8) is 0 Å². The highest BCUT2D eigenvalue weighted by atomic mass is 32.1. The number of nitrogens with zero attached hydrogens (tertiary/aromatic N) is 1. The molecule has 0 aliphatic carbocycles. The fourth-order valence-electron chi connectivity index (χ4n) is 2.06. The monoisotopic (exact) mass is 260 g/mol. The summed E-state index contributed by atoms with van der Waals surface area (Å²) in [7, 11) is 0. The molecule has 1 heterocycles. The third kappa shape index (κ3) is 3.93. The molecule has 0 amide bonds. The molecule has 2 atom stereocenters. The molecule has 18 heavy (non-hydrogen) atoms. The highest BCUT2D eigenvalue weighted by Gasteiger charge is 2.10. The van der Waals surface area contributed by atoms with E-state index in [9.17, 15) is 0 Å². The van der Waals surface area contributed by atoms with Crippen molar-refractivity contribution in [2.75, 3.05) is 0 Å². The standard InChI is InChI=1S/C15H20N2S/c1-12(8-9-14-6-4-3-5-7-14)17-13(2)15-10-16-11-18-15/h3-7,10-13,17H,8-9H2,1-2H3. The first-order valence-electron chi connectivity index (χ1n) is 6.44. The summed E-state index contributed by atoms with van der Waals surface area (Å²) < 4.78 is 0. The first kappa shape index (κ1) is 13.2. The minimum absolute atomic E-state index is 0.392. The lowest BCUT2D eigenvalue weighted by atomic mass is 10.1. The lowest BCUT2D eigenvalue weighted by Gasteiger charge is -2.18. The van der Waals surface area contributed by atoms with Crippen LogP contribution in [-0.2, 0) is 6.42 Å². The highest BCUT2D eigenvalue weighted by molar-refractivity contribution is 7.09. The van der Waals surface area contributed by atoms with Gasteiger partial charge in [0.25, 0.3) is 0 Å². The van der Waals surface area contributed by atoms with Gasteiger partial charge in [-0.2, -0.15) is 0 Å². The Morgan fingerprint density at radius 3 is 2.67 bits per heavy atom. The number of rotatable bonds is 6. The minimum Gasteiger partial charge on any atom is -0.307 e. The van der Waals surface area contributed by atoms with E-state index in [1.807, 2.05) is 11.7 Å². The molecule has 1 N–H and O–H groups in total. The lowest BCUT2D eigenvalue weighted by molar-refractivity contribution is 0.460. The van der Waals surface area contributed by atoms with Gasteiger partial charge in [-0.25, -0.2) is 0 Å². The van der Waals surface area contributed by atoms with Gasteiger partial charge in [-0.15, -0.1) is 11.3 Å². The Kier molecular flexibility index (Phi) is 4.90. The Morgan fingerprint density at radius 2 is 2.00 bits per heavy atom. The molecule has 3 heteroatoms. The number of aryl methyl sites for hydroxylation is 1. The van der Waals surface area contributed by atoms with Crippen LogP contribution < -0.4 is 5.32 Å². The average Bonchev–Trinajstić information content (AvgIpc) is 2.91. The fourth-order valence-corrected chi connectivity index (χ4v) is 2.70. The maximum Gasteiger partial charge on any atom is 0.0794 e. The van der Waals surface area contributed by atoms with Gasteiger partial charge in [0, 0.05) is 23.2 Å². The number of hydrogen-bond donors (Lipinski definition) is 1. The summed E-state index contributed by atoms with van der Waals surface area (Å²) in [6, 6.07) is 11.6. The van der Waals surface area contributed by atoms with Crippen molar-refractivity contribution in [1.82, 2.24) is 10.3 Å². The van der Waals surface area contributed by atoms with Crippen molar-refractivity contribution in [3.05, 3.63) is 52.5 Å². The van der Waals surface area contributed by atoms with Crippen molar-refractivity contribution in [1.29, 1.82) is 0 Å². The predicted octanol–water partition coefficient (Wildman–Crippen LogP) is 3.82. The molecule has 0 radical (unpaired) electrons. The summed E-state index contributed by atoms with van der Waals surface area (Å²) in [6.45, 7) is 4.45. The van der Waals surface area contributed by atoms with E-state index in [-0.39, 0.29) is 0 Å². The lowest BCUT2D eigenvalue weighted by Crippen LogP contribution is -2.28. The van der Waals surface area contributed by atoms with Crippen molar-refractivity contribution >= 4 is 11.3 Å². The van der Waals surface area contributed by atoms with Gasteiger partial charge < -0.3 is 5.32 Å². The van der Waals surface area contributed by atoms with Crippen molar-refractivity contribution < 1.29 is 0 Å². The number of hydrogen-bond acceptors (Lipinski definition) is 3. The largest absolute Gasteiger partial charge is 0.307 e. The fraction of sp³-hybridized carbons (Fsp3) is 0.400. The summed E-state index contributed by atoms with van der Waals surface area (Å²) in [5, 5.41) is 3.62. The summed E-state index contributed by atoms with van der Waals surface area (Å²) in [5.41, 5.74) is 3.30. The van der Waals surface area contributed by atoms with Crippen LogP contribution in [0.1, 0.15) is 36.8 Å². The Hall–Kier alpha value is -1.19. The molecule has 0 saturated heterocycles. The van der Waals surface area contributed by atoms with E-state index in [2.05, 4.69) is 54.5 Å². The molecule has 2 nitrogen and oxygen atoms in total. The smallest absolute Gasteiger partial charge is 0.0794 e. The highest BCUT2D eigenvalue weighted by Crippen LogP contribution is 2.17. The molecule has 0 aliphatic rings. The van der Waals surface area contributed by atoms with Crippen LogP contribution in [-0.4, -0.2) is 11.0 Å². The molecule has 2 unspecified atom stereocenters. The Labute approximate surface area is 113 Å². The SMILES string of the molecule is CC(CCc1ccccc1)NC(C)c1cncs1. The van der Waals surface area contributed by atoms with Crippen molar-refractivity contribution in [2.45, 2.75) is 38.8 Å². The molecular weight excluding hydrogens is 240 g/mol.